The van der Waals surface area contributed by atoms with Gasteiger partial charge in [-0.1, -0.05) is 18.2 Å². The van der Waals surface area contributed by atoms with Crippen LogP contribution in [0.2, 0.25) is 0 Å². The summed E-state index contributed by atoms with van der Waals surface area (Å²) in [7, 11) is -1.05. The molecular weight excluding hydrogens is 497 g/mol. The molecule has 0 bridgehead atoms. The van der Waals surface area contributed by atoms with Crippen LogP contribution in [0.5, 0.6) is 0 Å². The summed E-state index contributed by atoms with van der Waals surface area (Å²) in [6.45, 7) is 7.98. The lowest BCUT2D eigenvalue weighted by molar-refractivity contribution is -0.144. The zero-order valence-electron chi connectivity index (χ0n) is 21.7. The Morgan fingerprint density at radius 1 is 1.22 bits per heavy atom. The second kappa shape index (κ2) is 12.6. The number of carboxylic acid groups (broad SMARTS) is 1. The number of nitrogens with zero attached hydrogens (tertiary/aromatic N) is 1. The van der Waals surface area contributed by atoms with Crippen LogP contribution in [0.15, 0.2) is 47.4 Å². The normalized spacial score (nSPS) is 23.1. The lowest BCUT2D eigenvalue weighted by Gasteiger charge is -2.45. The largest absolute Gasteiger partial charge is 0.481 e. The van der Waals surface area contributed by atoms with Crippen molar-refractivity contribution in [2.45, 2.75) is 43.5 Å². The first kappa shape index (κ1) is 28.7. The van der Waals surface area contributed by atoms with Crippen molar-refractivity contribution in [3.05, 3.63) is 65.0 Å². The second-order valence-corrected chi connectivity index (χ2v) is 10.5. The van der Waals surface area contributed by atoms with E-state index in [1.54, 1.807) is 19.2 Å². The molecule has 0 radical (unpaired) electrons. The van der Waals surface area contributed by atoms with E-state index in [1.165, 1.54) is 6.07 Å². The van der Waals surface area contributed by atoms with Crippen molar-refractivity contribution >= 4 is 34.4 Å². The molecule has 1 N–H and O–H groups in total. The minimum atomic E-state index is -1.05. The summed E-state index contributed by atoms with van der Waals surface area (Å²) in [5.74, 6) is -1.69. The standard InChI is InChI=1S/C26H30FNO4S.C2H4O2/c1-4-32-25(29)17-24-22-16-19(27)7-10-21(22)23(26(24,2)28-11-13-31-14-12-28)15-18-5-8-20(9-6-18)33(3)30;1-2(3)4/h5-10,15-16,24H,4,11-14,17H2,1-3H3;1H3,(H,3,4)/b23-15+;. The Labute approximate surface area is 219 Å². The van der Waals surface area contributed by atoms with Crippen LogP contribution in [0.1, 0.15) is 49.8 Å². The third-order valence-corrected chi connectivity index (χ3v) is 7.71. The molecule has 4 rings (SSSR count). The van der Waals surface area contributed by atoms with E-state index in [9.17, 15) is 13.4 Å². The average molecular weight is 532 g/mol. The zero-order valence-corrected chi connectivity index (χ0v) is 22.5. The Morgan fingerprint density at radius 2 is 1.84 bits per heavy atom. The van der Waals surface area contributed by atoms with Gasteiger partial charge in [-0.15, -0.1) is 0 Å². The van der Waals surface area contributed by atoms with Gasteiger partial charge in [-0.05, 0) is 66.5 Å². The van der Waals surface area contributed by atoms with Crippen molar-refractivity contribution < 1.29 is 32.8 Å². The van der Waals surface area contributed by atoms with E-state index in [4.69, 9.17) is 19.4 Å². The molecule has 1 saturated heterocycles. The minimum absolute atomic E-state index is 0.170. The fourth-order valence-corrected chi connectivity index (χ4v) is 5.61. The number of benzene rings is 2. The van der Waals surface area contributed by atoms with Crippen molar-refractivity contribution in [3.63, 3.8) is 0 Å². The topological polar surface area (TPSA) is 93.1 Å². The van der Waals surface area contributed by atoms with Crippen LogP contribution in [0, 0.1) is 5.82 Å². The SMILES string of the molecule is CC(=O)O.CCOC(=O)CC1c2cc(F)ccc2/C(=C\c2ccc(S(C)=O)cc2)C1(C)N1CCOCC1. The van der Waals surface area contributed by atoms with Crippen molar-refractivity contribution in [2.75, 3.05) is 39.2 Å². The van der Waals surface area contributed by atoms with Crippen molar-refractivity contribution in [2.24, 2.45) is 0 Å². The first-order valence-corrected chi connectivity index (χ1v) is 13.8. The quantitative estimate of drug-likeness (QED) is 0.555. The Bertz CT molecular complexity index is 1170. The van der Waals surface area contributed by atoms with Crippen molar-refractivity contribution in [1.29, 1.82) is 0 Å². The molecule has 0 amide bonds. The maximum atomic E-state index is 14.4. The number of aliphatic carboxylic acids is 1. The summed E-state index contributed by atoms with van der Waals surface area (Å²) in [5.41, 5.74) is 3.24. The number of hydrogen-bond acceptors (Lipinski definition) is 6. The molecule has 1 fully saturated rings. The number of morpholine rings is 1. The van der Waals surface area contributed by atoms with Crippen LogP contribution in [0.4, 0.5) is 4.39 Å². The number of ether oxygens (including phenoxy) is 2. The molecule has 37 heavy (non-hydrogen) atoms. The van der Waals surface area contributed by atoms with Crippen molar-refractivity contribution in [3.8, 4) is 0 Å². The van der Waals surface area contributed by atoms with E-state index in [0.29, 0.717) is 19.8 Å². The van der Waals surface area contributed by atoms with Gasteiger partial charge in [0.1, 0.15) is 5.82 Å². The number of halogens is 1. The van der Waals surface area contributed by atoms with Gasteiger partial charge in [-0.25, -0.2) is 4.39 Å². The molecule has 200 valence electrons. The van der Waals surface area contributed by atoms with Crippen LogP contribution in [-0.2, 0) is 29.9 Å². The van der Waals surface area contributed by atoms with E-state index in [0.717, 1.165) is 47.2 Å². The molecular formula is C28H34FNO6S. The molecule has 1 heterocycles. The third-order valence-electron chi connectivity index (χ3n) is 6.77. The first-order valence-electron chi connectivity index (χ1n) is 12.2. The summed E-state index contributed by atoms with van der Waals surface area (Å²) in [4.78, 5) is 24.7. The maximum absolute atomic E-state index is 14.4. The Kier molecular flexibility index (Phi) is 9.75. The monoisotopic (exact) mass is 531 g/mol. The molecule has 3 unspecified atom stereocenters. The Morgan fingerprint density at radius 3 is 2.41 bits per heavy atom. The fraction of sp³-hybridized carbons (Fsp3) is 0.429. The molecule has 0 saturated carbocycles. The van der Waals surface area contributed by atoms with Gasteiger partial charge in [0.15, 0.2) is 0 Å². The highest BCUT2D eigenvalue weighted by Gasteiger charge is 2.51. The number of hydrogen-bond donors (Lipinski definition) is 1. The second-order valence-electron chi connectivity index (χ2n) is 9.14. The Balaban J connectivity index is 0.000000886. The Hall–Kier alpha value is -2.88. The van der Waals surface area contributed by atoms with Crippen molar-refractivity contribution in [1.82, 2.24) is 4.90 Å². The van der Waals surface area contributed by atoms with E-state index in [1.807, 2.05) is 30.3 Å². The summed E-state index contributed by atoms with van der Waals surface area (Å²) >= 11 is 0. The summed E-state index contributed by atoms with van der Waals surface area (Å²) in [6.07, 6.45) is 3.94. The molecule has 1 aliphatic heterocycles. The maximum Gasteiger partial charge on any atom is 0.306 e. The van der Waals surface area contributed by atoms with Crippen LogP contribution in [0.3, 0.4) is 0 Å². The fourth-order valence-electron chi connectivity index (χ4n) is 5.09. The van der Waals surface area contributed by atoms with Gasteiger partial charge in [-0.3, -0.25) is 18.7 Å². The molecule has 2 aromatic carbocycles. The number of carbonyl (C=O) groups excluding carboxylic acids is 1. The van der Waals surface area contributed by atoms with Crippen LogP contribution in [-0.4, -0.2) is 70.9 Å². The highest BCUT2D eigenvalue weighted by molar-refractivity contribution is 7.84. The third kappa shape index (κ3) is 6.71. The number of esters is 1. The van der Waals surface area contributed by atoms with Gasteiger partial charge >= 0.3 is 5.97 Å². The van der Waals surface area contributed by atoms with Crippen LogP contribution < -0.4 is 0 Å². The predicted molar refractivity (Wildman–Crippen MR) is 141 cm³/mol. The van der Waals surface area contributed by atoms with E-state index >= 15 is 0 Å². The molecule has 0 aromatic heterocycles. The van der Waals surface area contributed by atoms with Gasteiger partial charge in [0.2, 0.25) is 0 Å². The molecule has 3 atom stereocenters. The smallest absolute Gasteiger partial charge is 0.306 e. The minimum Gasteiger partial charge on any atom is -0.481 e. The lowest BCUT2D eigenvalue weighted by Crippen LogP contribution is -2.53. The summed E-state index contributed by atoms with van der Waals surface area (Å²) < 4.78 is 37.1. The summed E-state index contributed by atoms with van der Waals surface area (Å²) in [6, 6.07) is 12.5. The van der Waals surface area contributed by atoms with Gasteiger partial charge < -0.3 is 14.6 Å². The molecule has 0 spiro atoms. The van der Waals surface area contributed by atoms with E-state index < -0.39 is 22.3 Å². The molecule has 2 aromatic rings. The van der Waals surface area contributed by atoms with Crippen LogP contribution in [0.25, 0.3) is 11.6 Å². The predicted octanol–water partition coefficient (Wildman–Crippen LogP) is 4.34. The van der Waals surface area contributed by atoms with Crippen LogP contribution >= 0.6 is 0 Å². The highest BCUT2D eigenvalue weighted by atomic mass is 32.2. The zero-order chi connectivity index (χ0) is 27.2. The lowest BCUT2D eigenvalue weighted by atomic mass is 9.79. The average Bonchev–Trinajstić information content (AvgIpc) is 3.07. The molecule has 2 aliphatic rings. The number of carbonyl (C=O) groups is 2. The number of fused-ring (bicyclic) bond motifs is 1. The van der Waals surface area contributed by atoms with Gasteiger partial charge in [0.05, 0.1) is 31.8 Å². The highest BCUT2D eigenvalue weighted by Crippen LogP contribution is 2.54. The van der Waals surface area contributed by atoms with E-state index in [2.05, 4.69) is 17.9 Å². The van der Waals surface area contributed by atoms with Gasteiger partial charge in [0, 0.05) is 47.9 Å². The first-order chi connectivity index (χ1) is 17.6. The van der Waals surface area contributed by atoms with E-state index in [-0.39, 0.29) is 24.1 Å². The molecule has 7 nitrogen and oxygen atoms in total. The van der Waals surface area contributed by atoms with Gasteiger partial charge in [0.25, 0.3) is 5.97 Å². The summed E-state index contributed by atoms with van der Waals surface area (Å²) in [5, 5.41) is 7.42. The number of carboxylic acids is 1. The molecule has 9 heteroatoms. The molecule has 1 aliphatic carbocycles. The van der Waals surface area contributed by atoms with Gasteiger partial charge in [-0.2, -0.15) is 0 Å². The number of rotatable bonds is 6.